The third-order valence-electron chi connectivity index (χ3n) is 2.88. The van der Waals surface area contributed by atoms with Crippen molar-refractivity contribution in [3.05, 3.63) is 45.1 Å². The Kier molecular flexibility index (Phi) is 3.22. The van der Waals surface area contributed by atoms with Crippen LogP contribution in [0, 0.1) is 0 Å². The monoisotopic (exact) mass is 302 g/mol. The average Bonchev–Trinajstić information content (AvgIpc) is 2.90. The first kappa shape index (κ1) is 13.6. The average molecular weight is 302 g/mol. The van der Waals surface area contributed by atoms with Crippen LogP contribution in [0.5, 0.6) is 5.75 Å². The predicted molar refractivity (Wildman–Crippen MR) is 75.9 cm³/mol. The van der Waals surface area contributed by atoms with Gasteiger partial charge in [-0.3, -0.25) is 14.8 Å². The Bertz CT molecular complexity index is 951. The van der Waals surface area contributed by atoms with Crippen LogP contribution >= 0.6 is 0 Å². The Morgan fingerprint density at radius 2 is 1.86 bits per heavy atom. The number of nitrogens with zero attached hydrogens (tertiary/aromatic N) is 1. The summed E-state index contributed by atoms with van der Waals surface area (Å²) in [5.74, 6) is -0.273. The normalized spacial score (nSPS) is 10.7. The van der Waals surface area contributed by atoms with Crippen LogP contribution < -0.4 is 16.0 Å². The van der Waals surface area contributed by atoms with Crippen molar-refractivity contribution in [2.75, 3.05) is 6.61 Å². The number of hydrogen-bond acceptors (Lipinski definition) is 5. The van der Waals surface area contributed by atoms with E-state index < -0.39 is 23.8 Å². The number of ether oxygens (including phenoxy) is 1. The molecule has 2 aromatic heterocycles. The molecule has 0 saturated carbocycles. The lowest BCUT2D eigenvalue weighted by Gasteiger charge is -2.03. The highest BCUT2D eigenvalue weighted by Crippen LogP contribution is 2.20. The summed E-state index contributed by atoms with van der Waals surface area (Å²) in [6.45, 7) is -0.430. The van der Waals surface area contributed by atoms with Gasteiger partial charge in [0.15, 0.2) is 12.3 Å². The molecular formula is C13H10N4O5. The van der Waals surface area contributed by atoms with Gasteiger partial charge in [-0.2, -0.15) is 0 Å². The number of aromatic amines is 3. The van der Waals surface area contributed by atoms with E-state index in [1.165, 1.54) is 0 Å². The van der Waals surface area contributed by atoms with E-state index >= 15 is 0 Å². The molecule has 0 bridgehead atoms. The number of rotatable bonds is 4. The molecule has 0 aliphatic rings. The SMILES string of the molecule is O=C(O)COc1ccc(-c2nc3[nH]c(=O)[nH]c(=O)c3[nH]2)cc1. The number of aliphatic carboxylic acids is 1. The second kappa shape index (κ2) is 5.20. The van der Waals surface area contributed by atoms with Gasteiger partial charge in [0.2, 0.25) is 0 Å². The van der Waals surface area contributed by atoms with Gasteiger partial charge in [0.05, 0.1) is 0 Å². The Hall–Kier alpha value is -3.36. The van der Waals surface area contributed by atoms with Gasteiger partial charge in [-0.05, 0) is 24.3 Å². The summed E-state index contributed by atoms with van der Waals surface area (Å²) in [5.41, 5.74) is -0.207. The molecule has 9 nitrogen and oxygen atoms in total. The van der Waals surface area contributed by atoms with Crippen molar-refractivity contribution in [1.82, 2.24) is 19.9 Å². The Labute approximate surface area is 121 Å². The summed E-state index contributed by atoms with van der Waals surface area (Å²) < 4.78 is 5.02. The minimum Gasteiger partial charge on any atom is -0.482 e. The number of fused-ring (bicyclic) bond motifs is 1. The number of carbonyl (C=O) groups is 1. The molecule has 0 atom stereocenters. The van der Waals surface area contributed by atoms with Gasteiger partial charge < -0.3 is 14.8 Å². The lowest BCUT2D eigenvalue weighted by Crippen LogP contribution is -2.21. The zero-order valence-electron chi connectivity index (χ0n) is 11.0. The summed E-state index contributed by atoms with van der Waals surface area (Å²) in [6, 6.07) is 6.47. The molecule has 0 fully saturated rings. The summed E-state index contributed by atoms with van der Waals surface area (Å²) in [7, 11) is 0. The largest absolute Gasteiger partial charge is 0.482 e. The quantitative estimate of drug-likeness (QED) is 0.537. The molecule has 1 aromatic carbocycles. The van der Waals surface area contributed by atoms with E-state index in [2.05, 4.69) is 19.9 Å². The zero-order valence-corrected chi connectivity index (χ0v) is 11.0. The standard InChI is InChI=1S/C13H10N4O5/c18-8(19)5-22-7-3-1-6(2-4-7)10-14-9-11(15-10)16-13(21)17-12(9)20/h1-4H,5H2,(H,18,19)(H3,14,15,16,17,20,21). The van der Waals surface area contributed by atoms with Crippen LogP contribution in [0.1, 0.15) is 0 Å². The van der Waals surface area contributed by atoms with Crippen LogP contribution in [0.4, 0.5) is 0 Å². The second-order valence-corrected chi connectivity index (χ2v) is 4.42. The number of aromatic nitrogens is 4. The van der Waals surface area contributed by atoms with E-state index in [0.29, 0.717) is 17.1 Å². The van der Waals surface area contributed by atoms with Crippen LogP contribution in [0.2, 0.25) is 0 Å². The number of carboxylic acid groups (broad SMARTS) is 1. The molecule has 0 spiro atoms. The number of nitrogens with one attached hydrogen (secondary N) is 3. The number of hydrogen-bond donors (Lipinski definition) is 4. The van der Waals surface area contributed by atoms with Gasteiger partial charge >= 0.3 is 11.7 Å². The molecule has 0 unspecified atom stereocenters. The van der Waals surface area contributed by atoms with E-state index in [1.807, 2.05) is 0 Å². The highest BCUT2D eigenvalue weighted by molar-refractivity contribution is 5.74. The van der Waals surface area contributed by atoms with Gasteiger partial charge in [-0.25, -0.2) is 14.6 Å². The van der Waals surface area contributed by atoms with Gasteiger partial charge in [0.1, 0.15) is 17.1 Å². The molecule has 22 heavy (non-hydrogen) atoms. The lowest BCUT2D eigenvalue weighted by molar-refractivity contribution is -0.139. The molecule has 3 rings (SSSR count). The van der Waals surface area contributed by atoms with Crippen LogP contribution in [0.25, 0.3) is 22.6 Å². The summed E-state index contributed by atoms with van der Waals surface area (Å²) in [6.07, 6.45) is 0. The fourth-order valence-corrected chi connectivity index (χ4v) is 1.92. The van der Waals surface area contributed by atoms with E-state index in [1.54, 1.807) is 24.3 Å². The number of carboxylic acids is 1. The molecule has 112 valence electrons. The second-order valence-electron chi connectivity index (χ2n) is 4.42. The first-order valence-corrected chi connectivity index (χ1v) is 6.20. The highest BCUT2D eigenvalue weighted by Gasteiger charge is 2.09. The minimum absolute atomic E-state index is 0.162. The lowest BCUT2D eigenvalue weighted by atomic mass is 10.2. The van der Waals surface area contributed by atoms with Gasteiger partial charge in [-0.15, -0.1) is 0 Å². The van der Waals surface area contributed by atoms with Crippen LogP contribution in [-0.2, 0) is 4.79 Å². The first-order chi connectivity index (χ1) is 10.5. The van der Waals surface area contributed by atoms with Gasteiger partial charge in [0, 0.05) is 5.56 Å². The summed E-state index contributed by atoms with van der Waals surface area (Å²) in [5, 5.41) is 8.53. The van der Waals surface area contributed by atoms with Crippen molar-refractivity contribution in [3.63, 3.8) is 0 Å². The molecule has 3 aromatic rings. The van der Waals surface area contributed by atoms with Crippen molar-refractivity contribution in [2.24, 2.45) is 0 Å². The van der Waals surface area contributed by atoms with E-state index in [-0.39, 0.29) is 11.2 Å². The Morgan fingerprint density at radius 3 is 2.55 bits per heavy atom. The van der Waals surface area contributed by atoms with Crippen LogP contribution in [0.3, 0.4) is 0 Å². The van der Waals surface area contributed by atoms with Crippen molar-refractivity contribution < 1.29 is 14.6 Å². The third kappa shape index (κ3) is 2.59. The fraction of sp³-hybridized carbons (Fsp3) is 0.0769. The van der Waals surface area contributed by atoms with E-state index in [0.717, 1.165) is 0 Å². The van der Waals surface area contributed by atoms with Crippen molar-refractivity contribution in [2.45, 2.75) is 0 Å². The van der Waals surface area contributed by atoms with E-state index in [9.17, 15) is 14.4 Å². The minimum atomic E-state index is -1.07. The molecule has 0 radical (unpaired) electrons. The molecule has 9 heteroatoms. The smallest absolute Gasteiger partial charge is 0.341 e. The number of imidazole rings is 1. The summed E-state index contributed by atoms with van der Waals surface area (Å²) >= 11 is 0. The Balaban J connectivity index is 1.94. The molecule has 0 amide bonds. The van der Waals surface area contributed by atoms with Gasteiger partial charge in [-0.1, -0.05) is 0 Å². The molecule has 0 saturated heterocycles. The molecule has 0 aliphatic carbocycles. The first-order valence-electron chi connectivity index (χ1n) is 6.20. The maximum atomic E-state index is 11.6. The highest BCUT2D eigenvalue weighted by atomic mass is 16.5. The van der Waals surface area contributed by atoms with Gasteiger partial charge in [0.25, 0.3) is 5.56 Å². The van der Waals surface area contributed by atoms with Crippen molar-refractivity contribution in [1.29, 1.82) is 0 Å². The molecule has 4 N–H and O–H groups in total. The molecule has 0 aliphatic heterocycles. The van der Waals surface area contributed by atoms with E-state index in [4.69, 9.17) is 9.84 Å². The maximum absolute atomic E-state index is 11.6. The fourth-order valence-electron chi connectivity index (χ4n) is 1.92. The number of H-pyrrole nitrogens is 3. The zero-order chi connectivity index (χ0) is 15.7. The molecular weight excluding hydrogens is 292 g/mol. The number of benzene rings is 1. The third-order valence-corrected chi connectivity index (χ3v) is 2.88. The topological polar surface area (TPSA) is 141 Å². The predicted octanol–water partition coefficient (Wildman–Crippen LogP) is 0.0699. The maximum Gasteiger partial charge on any atom is 0.341 e. The van der Waals surface area contributed by atoms with Crippen LogP contribution in [0.15, 0.2) is 33.9 Å². The summed E-state index contributed by atoms with van der Waals surface area (Å²) in [4.78, 5) is 44.7. The molecule has 2 heterocycles. The van der Waals surface area contributed by atoms with Crippen molar-refractivity contribution >= 4 is 17.1 Å². The van der Waals surface area contributed by atoms with Crippen LogP contribution in [-0.4, -0.2) is 37.6 Å². The Morgan fingerprint density at radius 1 is 1.14 bits per heavy atom. The van der Waals surface area contributed by atoms with Crippen molar-refractivity contribution in [3.8, 4) is 17.1 Å².